The van der Waals surface area contributed by atoms with Crippen LogP contribution < -0.4 is 9.79 Å². The van der Waals surface area contributed by atoms with Gasteiger partial charge in [-0.1, -0.05) is 33.1 Å². The molecule has 134 valence electrons. The molecule has 0 aromatic rings. The highest BCUT2D eigenvalue weighted by Crippen LogP contribution is 2.23. The average Bonchev–Trinajstić information content (AvgIpc) is 2.46. The number of ketones is 2. The molecule has 8 nitrogen and oxygen atoms in total. The number of carbonyl (C=O) groups excluding carboxylic acids is 3. The van der Waals surface area contributed by atoms with Crippen molar-refractivity contribution < 1.29 is 38.0 Å². The number of rotatable bonds is 13. The van der Waals surface area contributed by atoms with Gasteiger partial charge in [-0.2, -0.15) is 0 Å². The van der Waals surface area contributed by atoms with E-state index in [4.69, 9.17) is 0 Å². The van der Waals surface area contributed by atoms with Gasteiger partial charge in [-0.15, -0.1) is 0 Å². The van der Waals surface area contributed by atoms with Crippen LogP contribution in [0.2, 0.25) is 0 Å². The summed E-state index contributed by atoms with van der Waals surface area (Å²) in [7, 11) is -5.23. The van der Waals surface area contributed by atoms with E-state index in [9.17, 15) is 28.7 Å². The molecule has 0 fully saturated rings. The second kappa shape index (κ2) is 11.5. The Morgan fingerprint density at radius 2 is 1.74 bits per heavy atom. The van der Waals surface area contributed by atoms with Crippen molar-refractivity contribution in [1.29, 1.82) is 0 Å². The van der Waals surface area contributed by atoms with E-state index in [-0.39, 0.29) is 12.2 Å². The van der Waals surface area contributed by atoms with E-state index in [0.717, 1.165) is 19.3 Å². The highest BCUT2D eigenvalue weighted by molar-refractivity contribution is 7.43. The van der Waals surface area contributed by atoms with Gasteiger partial charge < -0.3 is 23.6 Å². The summed E-state index contributed by atoms with van der Waals surface area (Å²) in [5.74, 6) is -1.41. The molecule has 0 N–H and O–H groups in total. The van der Waals surface area contributed by atoms with Crippen LogP contribution in [0.25, 0.3) is 0 Å². The standard InChI is InChI=1S/C14H25O8P/c1-3-11(2)6-4-5-7-12(15)8-14(17)21-9-13(16)10-22-23(18,19)20/h11H,3-10H2,1-2H3,(H2,18,19,20)/p-2. The second-order valence-electron chi connectivity index (χ2n) is 5.39. The van der Waals surface area contributed by atoms with Crippen LogP contribution in [-0.2, 0) is 28.2 Å². The second-order valence-corrected chi connectivity index (χ2v) is 6.55. The minimum Gasteiger partial charge on any atom is -0.790 e. The number of ether oxygens (including phenoxy) is 1. The van der Waals surface area contributed by atoms with Crippen LogP contribution in [-0.4, -0.2) is 30.7 Å². The lowest BCUT2D eigenvalue weighted by Crippen LogP contribution is -2.23. The van der Waals surface area contributed by atoms with Crippen LogP contribution in [0.5, 0.6) is 0 Å². The number of esters is 1. The maximum atomic E-state index is 11.5. The van der Waals surface area contributed by atoms with Crippen LogP contribution in [0, 0.1) is 5.92 Å². The molecular weight excluding hydrogens is 327 g/mol. The smallest absolute Gasteiger partial charge is 0.313 e. The fraction of sp³-hybridized carbons (Fsp3) is 0.786. The van der Waals surface area contributed by atoms with Crippen LogP contribution in [0.4, 0.5) is 0 Å². The van der Waals surface area contributed by atoms with Gasteiger partial charge in [0.25, 0.3) is 0 Å². The highest BCUT2D eigenvalue weighted by Gasteiger charge is 2.13. The van der Waals surface area contributed by atoms with E-state index in [1.54, 1.807) is 0 Å². The molecule has 0 aromatic carbocycles. The van der Waals surface area contributed by atoms with Crippen molar-refractivity contribution in [3.05, 3.63) is 0 Å². The monoisotopic (exact) mass is 350 g/mol. The number of hydrogen-bond acceptors (Lipinski definition) is 8. The molecule has 0 saturated carbocycles. The number of hydrogen-bond donors (Lipinski definition) is 0. The molecule has 0 spiro atoms. The summed E-state index contributed by atoms with van der Waals surface area (Å²) in [6.45, 7) is 2.52. The number of phosphoric acid groups is 1. The van der Waals surface area contributed by atoms with Gasteiger partial charge in [0.05, 0.1) is 7.82 Å². The van der Waals surface area contributed by atoms with Crippen LogP contribution in [0.3, 0.4) is 0 Å². The Labute approximate surface area is 135 Å². The molecule has 0 aliphatic heterocycles. The topological polar surface area (TPSA) is 133 Å². The zero-order chi connectivity index (χ0) is 17.9. The number of phosphoric ester groups is 1. The van der Waals surface area contributed by atoms with E-state index in [0.29, 0.717) is 12.3 Å². The molecule has 0 amide bonds. The quantitative estimate of drug-likeness (QED) is 0.203. The van der Waals surface area contributed by atoms with Gasteiger partial charge in [-0.3, -0.25) is 14.4 Å². The molecule has 1 unspecified atom stereocenters. The predicted molar refractivity (Wildman–Crippen MR) is 77.1 cm³/mol. The fourth-order valence-corrected chi connectivity index (χ4v) is 1.98. The van der Waals surface area contributed by atoms with Crippen LogP contribution in [0.15, 0.2) is 0 Å². The molecule has 0 aliphatic rings. The van der Waals surface area contributed by atoms with Gasteiger partial charge >= 0.3 is 5.97 Å². The van der Waals surface area contributed by atoms with E-state index >= 15 is 0 Å². The average molecular weight is 350 g/mol. The summed E-state index contributed by atoms with van der Waals surface area (Å²) in [4.78, 5) is 54.3. The first-order valence-electron chi connectivity index (χ1n) is 7.49. The van der Waals surface area contributed by atoms with E-state index in [2.05, 4.69) is 23.1 Å². The van der Waals surface area contributed by atoms with E-state index in [1.165, 1.54) is 0 Å². The van der Waals surface area contributed by atoms with Gasteiger partial charge in [0.1, 0.15) is 18.8 Å². The first-order chi connectivity index (χ1) is 10.6. The lowest BCUT2D eigenvalue weighted by Gasteiger charge is -2.27. The minimum atomic E-state index is -5.23. The summed E-state index contributed by atoms with van der Waals surface area (Å²) < 4.78 is 18.4. The van der Waals surface area contributed by atoms with Gasteiger partial charge in [0.2, 0.25) is 0 Å². The lowest BCUT2D eigenvalue weighted by atomic mass is 10.00. The number of carbonyl (C=O) groups is 3. The Balaban J connectivity index is 3.78. The number of unbranched alkanes of at least 4 members (excludes halogenated alkanes) is 1. The molecule has 1 atom stereocenters. The summed E-state index contributed by atoms with van der Waals surface area (Å²) >= 11 is 0. The Morgan fingerprint density at radius 1 is 1.09 bits per heavy atom. The third-order valence-corrected chi connectivity index (χ3v) is 3.66. The zero-order valence-electron chi connectivity index (χ0n) is 13.4. The molecule has 0 bridgehead atoms. The van der Waals surface area contributed by atoms with Crippen molar-refractivity contribution in [3.63, 3.8) is 0 Å². The summed E-state index contributed by atoms with van der Waals surface area (Å²) in [6, 6.07) is 0. The molecule has 0 aromatic heterocycles. The van der Waals surface area contributed by atoms with Gasteiger partial charge in [0.15, 0.2) is 12.4 Å². The molecule has 0 heterocycles. The molecule has 0 saturated heterocycles. The van der Waals surface area contributed by atoms with Crippen LogP contribution in [0.1, 0.15) is 52.4 Å². The Morgan fingerprint density at radius 3 is 2.30 bits per heavy atom. The normalized spacial score (nSPS) is 12.7. The summed E-state index contributed by atoms with van der Waals surface area (Å²) in [5, 5.41) is 0. The molecule has 0 rings (SSSR count). The maximum absolute atomic E-state index is 11.5. The van der Waals surface area contributed by atoms with Gasteiger partial charge in [-0.05, 0) is 12.3 Å². The Hall–Kier alpha value is -1.08. The molecule has 0 aliphatic carbocycles. The van der Waals surface area contributed by atoms with E-state index < -0.39 is 39.2 Å². The molecule has 9 heteroatoms. The summed E-state index contributed by atoms with van der Waals surface area (Å²) in [6.07, 6.45) is 3.58. The van der Waals surface area contributed by atoms with E-state index in [1.807, 2.05) is 0 Å². The first-order valence-corrected chi connectivity index (χ1v) is 8.95. The third-order valence-electron chi connectivity index (χ3n) is 3.22. The van der Waals surface area contributed by atoms with Crippen molar-refractivity contribution in [2.45, 2.75) is 52.4 Å². The molecule has 23 heavy (non-hydrogen) atoms. The highest BCUT2D eigenvalue weighted by atomic mass is 31.2. The molecular formula is C14H23O8P-2. The predicted octanol–water partition coefficient (Wildman–Crippen LogP) is 0.510. The van der Waals surface area contributed by atoms with Crippen molar-refractivity contribution in [2.75, 3.05) is 13.2 Å². The van der Waals surface area contributed by atoms with Crippen molar-refractivity contribution in [2.24, 2.45) is 5.92 Å². The molecule has 0 radical (unpaired) electrons. The van der Waals surface area contributed by atoms with Crippen molar-refractivity contribution >= 4 is 25.4 Å². The maximum Gasteiger partial charge on any atom is 0.313 e. The minimum absolute atomic E-state index is 0.272. The first kappa shape index (κ1) is 21.9. The zero-order valence-corrected chi connectivity index (χ0v) is 14.3. The van der Waals surface area contributed by atoms with Gasteiger partial charge in [-0.25, -0.2) is 0 Å². The number of Topliss-reactive ketones (excluding diaryl/α,β-unsaturated/α-hetero) is 2. The Bertz CT molecular complexity index is 442. The largest absolute Gasteiger partial charge is 0.790 e. The summed E-state index contributed by atoms with van der Waals surface area (Å²) in [5.41, 5.74) is 0. The third kappa shape index (κ3) is 14.3. The van der Waals surface area contributed by atoms with Crippen molar-refractivity contribution in [3.8, 4) is 0 Å². The SMILES string of the molecule is CCC(C)CCCCC(=O)CC(=O)OCC(=O)COP(=O)([O-])[O-]. The fourth-order valence-electron chi connectivity index (χ4n) is 1.67. The van der Waals surface area contributed by atoms with Crippen LogP contribution >= 0.6 is 7.82 Å². The van der Waals surface area contributed by atoms with Gasteiger partial charge in [0, 0.05) is 6.42 Å². The Kier molecular flexibility index (Phi) is 10.9. The van der Waals surface area contributed by atoms with Crippen molar-refractivity contribution in [1.82, 2.24) is 0 Å². The lowest BCUT2D eigenvalue weighted by molar-refractivity contribution is -0.341.